The Hall–Kier alpha value is -2.34. The number of rotatable bonds is 10. The van der Waals surface area contributed by atoms with Crippen LogP contribution in [0.2, 0.25) is 0 Å². The summed E-state index contributed by atoms with van der Waals surface area (Å²) >= 11 is 0. The number of aryl methyl sites for hydroxylation is 2. The van der Waals surface area contributed by atoms with Gasteiger partial charge < -0.3 is 30.2 Å². The van der Waals surface area contributed by atoms with Gasteiger partial charge in [0.15, 0.2) is 11.5 Å². The van der Waals surface area contributed by atoms with Crippen LogP contribution < -0.4 is 19.9 Å². The number of aliphatic hydroxyl groups excluding tert-OH is 2. The van der Waals surface area contributed by atoms with Crippen LogP contribution in [0.5, 0.6) is 17.2 Å². The third-order valence-electron chi connectivity index (χ3n) is 5.22. The summed E-state index contributed by atoms with van der Waals surface area (Å²) < 4.78 is 80.8. The molecule has 190 valence electrons. The summed E-state index contributed by atoms with van der Waals surface area (Å²) in [4.78, 5) is 0. The molecule has 3 rings (SSSR count). The Morgan fingerprint density at radius 1 is 0.912 bits per heavy atom. The lowest BCUT2D eigenvalue weighted by Gasteiger charge is -2.24. The second-order valence-electron chi connectivity index (χ2n) is 7.91. The lowest BCUT2D eigenvalue weighted by atomic mass is 9.93. The molecule has 0 radical (unpaired) electrons. The Balaban J connectivity index is 0.00000408. The van der Waals surface area contributed by atoms with E-state index < -0.39 is 36.8 Å². The highest BCUT2D eigenvalue weighted by Gasteiger charge is 2.43. The summed E-state index contributed by atoms with van der Waals surface area (Å²) in [5.41, 5.74) is 4.53. The first-order valence-electron chi connectivity index (χ1n) is 10.2. The van der Waals surface area contributed by atoms with Crippen LogP contribution in [0.4, 0.5) is 22.0 Å². The van der Waals surface area contributed by atoms with E-state index in [0.717, 1.165) is 6.07 Å². The van der Waals surface area contributed by atoms with E-state index in [4.69, 9.17) is 10.5 Å². The Morgan fingerprint density at radius 3 is 2.18 bits per heavy atom. The van der Waals surface area contributed by atoms with Gasteiger partial charge in [-0.15, -0.1) is 21.2 Å². The lowest BCUT2D eigenvalue weighted by molar-refractivity contribution is -0.286. The van der Waals surface area contributed by atoms with E-state index in [0.29, 0.717) is 24.0 Å². The number of alkyl halides is 5. The van der Waals surface area contributed by atoms with Gasteiger partial charge in [0, 0.05) is 0 Å². The molecule has 1 heterocycles. The second-order valence-corrected chi connectivity index (χ2v) is 7.91. The number of halogens is 6. The van der Waals surface area contributed by atoms with Gasteiger partial charge in [-0.05, 0) is 61.1 Å². The molecular weight excluding hydrogens is 489 g/mol. The molecule has 0 bridgehead atoms. The zero-order chi connectivity index (χ0) is 24.3. The Kier molecular flexibility index (Phi) is 8.98. The van der Waals surface area contributed by atoms with Crippen molar-refractivity contribution in [2.45, 2.75) is 43.7 Å². The molecule has 0 saturated carbocycles. The molecule has 0 atom stereocenters. The molecule has 2 aromatic carbocycles. The van der Waals surface area contributed by atoms with Gasteiger partial charge >= 0.3 is 12.5 Å². The lowest BCUT2D eigenvalue weighted by Crippen LogP contribution is -2.47. The first-order chi connectivity index (χ1) is 15.4. The molecule has 0 unspecified atom stereocenters. The van der Waals surface area contributed by atoms with Gasteiger partial charge in [0.2, 0.25) is 0 Å². The third-order valence-corrected chi connectivity index (χ3v) is 5.22. The highest BCUT2D eigenvalue weighted by molar-refractivity contribution is 5.85. The molecule has 4 N–H and O–H groups in total. The van der Waals surface area contributed by atoms with Crippen LogP contribution in [0, 0.1) is 0 Å². The topological polar surface area (TPSA) is 94.2 Å². The summed E-state index contributed by atoms with van der Waals surface area (Å²) in [6, 6.07) is 7.95. The number of aliphatic hydroxyl groups is 2. The highest BCUT2D eigenvalue weighted by Crippen LogP contribution is 2.41. The summed E-state index contributed by atoms with van der Waals surface area (Å²) in [5, 5.41) is 18.5. The summed E-state index contributed by atoms with van der Waals surface area (Å²) in [7, 11) is 0. The number of nitrogens with two attached hydrogens (primary N) is 1. The number of ether oxygens (including phenoxy) is 3. The van der Waals surface area contributed by atoms with Crippen molar-refractivity contribution < 1.29 is 46.4 Å². The van der Waals surface area contributed by atoms with Gasteiger partial charge in [-0.2, -0.15) is 13.2 Å². The van der Waals surface area contributed by atoms with Crippen LogP contribution in [-0.2, 0) is 19.0 Å². The molecule has 0 aliphatic carbocycles. The average molecular weight is 514 g/mol. The number of hydrogen-bond donors (Lipinski definition) is 3. The standard InChI is InChI=1S/C22H24F5NO5.ClH/c23-21(24,25)16-10-15(7-8-20(28,12-29)13-30)3-5-17(16)31-9-1-2-14-4-6-18-19(11-14)33-22(26,27)32-18;/h3-6,10-11,29-30H,1-2,7-9,12-13,28H2;1H. The molecule has 0 spiro atoms. The summed E-state index contributed by atoms with van der Waals surface area (Å²) in [6.07, 6.45) is -7.45. The van der Waals surface area contributed by atoms with Crippen molar-refractivity contribution in [3.8, 4) is 17.2 Å². The van der Waals surface area contributed by atoms with E-state index in [1.807, 2.05) is 0 Å². The van der Waals surface area contributed by atoms with Crippen LogP contribution in [0.25, 0.3) is 0 Å². The summed E-state index contributed by atoms with van der Waals surface area (Å²) in [5.74, 6) is -0.517. The van der Waals surface area contributed by atoms with Crippen molar-refractivity contribution in [2.75, 3.05) is 19.8 Å². The van der Waals surface area contributed by atoms with Gasteiger partial charge in [-0.3, -0.25) is 0 Å². The number of hydrogen-bond acceptors (Lipinski definition) is 6. The zero-order valence-electron chi connectivity index (χ0n) is 17.9. The fourth-order valence-corrected chi connectivity index (χ4v) is 3.29. The molecule has 0 fully saturated rings. The monoisotopic (exact) mass is 513 g/mol. The largest absolute Gasteiger partial charge is 0.586 e. The Bertz CT molecular complexity index is 969. The molecule has 0 aromatic heterocycles. The van der Waals surface area contributed by atoms with E-state index in [-0.39, 0.29) is 49.1 Å². The molecule has 1 aliphatic heterocycles. The minimum Gasteiger partial charge on any atom is -0.493 e. The molecule has 12 heteroatoms. The fourth-order valence-electron chi connectivity index (χ4n) is 3.29. The fraction of sp³-hybridized carbons (Fsp3) is 0.455. The second kappa shape index (κ2) is 10.9. The first-order valence-corrected chi connectivity index (χ1v) is 10.2. The summed E-state index contributed by atoms with van der Waals surface area (Å²) in [6.45, 7) is -1.03. The van der Waals surface area contributed by atoms with E-state index in [1.165, 1.54) is 24.3 Å². The van der Waals surface area contributed by atoms with Crippen molar-refractivity contribution in [3.63, 3.8) is 0 Å². The smallest absolute Gasteiger partial charge is 0.493 e. The predicted molar refractivity (Wildman–Crippen MR) is 115 cm³/mol. The van der Waals surface area contributed by atoms with Gasteiger partial charge in [-0.25, -0.2) is 0 Å². The van der Waals surface area contributed by atoms with Gasteiger partial charge in [-0.1, -0.05) is 12.1 Å². The number of fused-ring (bicyclic) bond motifs is 1. The highest BCUT2D eigenvalue weighted by atomic mass is 35.5. The van der Waals surface area contributed by atoms with Crippen molar-refractivity contribution >= 4 is 12.4 Å². The minimum atomic E-state index is -4.65. The zero-order valence-corrected chi connectivity index (χ0v) is 18.7. The minimum absolute atomic E-state index is 0. The maximum absolute atomic E-state index is 13.5. The van der Waals surface area contributed by atoms with Crippen molar-refractivity contribution in [2.24, 2.45) is 5.73 Å². The third kappa shape index (κ3) is 7.08. The van der Waals surface area contributed by atoms with Crippen molar-refractivity contribution in [1.29, 1.82) is 0 Å². The molecule has 0 saturated heterocycles. The maximum Gasteiger partial charge on any atom is 0.586 e. The quantitative estimate of drug-likeness (QED) is 0.327. The molecule has 0 amide bonds. The SMILES string of the molecule is Cl.NC(CO)(CO)CCc1ccc(OCCCc2ccc3c(c2)OC(F)(F)O3)c(C(F)(F)F)c1. The maximum atomic E-state index is 13.5. The Labute approximate surface area is 198 Å². The number of benzene rings is 2. The van der Waals surface area contributed by atoms with Gasteiger partial charge in [0.1, 0.15) is 5.75 Å². The van der Waals surface area contributed by atoms with Crippen LogP contribution in [0.15, 0.2) is 36.4 Å². The van der Waals surface area contributed by atoms with E-state index in [2.05, 4.69) is 9.47 Å². The first kappa shape index (κ1) is 27.9. The normalized spacial score (nSPS) is 14.6. The predicted octanol–water partition coefficient (Wildman–Crippen LogP) is 4.08. The molecular formula is C22H25ClF5NO5. The average Bonchev–Trinajstić information content (AvgIpc) is 3.07. The van der Waals surface area contributed by atoms with Crippen molar-refractivity contribution in [1.82, 2.24) is 0 Å². The molecule has 2 aromatic rings. The van der Waals surface area contributed by atoms with E-state index in [9.17, 15) is 32.2 Å². The van der Waals surface area contributed by atoms with Crippen LogP contribution in [-0.4, -0.2) is 41.9 Å². The molecule has 6 nitrogen and oxygen atoms in total. The van der Waals surface area contributed by atoms with Gasteiger partial charge in [0.05, 0.1) is 30.9 Å². The molecule has 1 aliphatic rings. The van der Waals surface area contributed by atoms with Crippen LogP contribution >= 0.6 is 12.4 Å². The van der Waals surface area contributed by atoms with E-state index >= 15 is 0 Å². The van der Waals surface area contributed by atoms with E-state index in [1.54, 1.807) is 6.07 Å². The van der Waals surface area contributed by atoms with Crippen LogP contribution in [0.3, 0.4) is 0 Å². The van der Waals surface area contributed by atoms with Crippen LogP contribution in [0.1, 0.15) is 29.5 Å². The van der Waals surface area contributed by atoms with Crippen molar-refractivity contribution in [3.05, 3.63) is 53.1 Å². The van der Waals surface area contributed by atoms with Gasteiger partial charge in [0.25, 0.3) is 0 Å². The Morgan fingerprint density at radius 2 is 1.53 bits per heavy atom. The molecule has 34 heavy (non-hydrogen) atoms.